The maximum atomic E-state index is 14.5. The average Bonchev–Trinajstić information content (AvgIpc) is 3.32. The topological polar surface area (TPSA) is 87.4 Å². The highest BCUT2D eigenvalue weighted by Crippen LogP contribution is 2.45. The highest BCUT2D eigenvalue weighted by atomic mass is 19.3. The molecule has 30 heavy (non-hydrogen) atoms. The van der Waals surface area contributed by atoms with E-state index in [1.807, 2.05) is 22.7 Å². The van der Waals surface area contributed by atoms with Crippen molar-refractivity contribution in [3.63, 3.8) is 0 Å². The van der Waals surface area contributed by atoms with Crippen LogP contribution in [-0.2, 0) is 12.3 Å². The van der Waals surface area contributed by atoms with Crippen molar-refractivity contribution in [1.29, 1.82) is 0 Å². The van der Waals surface area contributed by atoms with Crippen LogP contribution in [-0.4, -0.2) is 61.5 Å². The van der Waals surface area contributed by atoms with Crippen LogP contribution < -0.4 is 4.90 Å². The molecule has 5 rings (SSSR count). The van der Waals surface area contributed by atoms with E-state index in [1.165, 1.54) is 4.90 Å². The first-order valence-electron chi connectivity index (χ1n) is 10.4. The lowest BCUT2D eigenvalue weighted by Gasteiger charge is -2.39. The van der Waals surface area contributed by atoms with E-state index in [1.54, 1.807) is 6.20 Å². The predicted molar refractivity (Wildman–Crippen MR) is 105 cm³/mol. The summed E-state index contributed by atoms with van der Waals surface area (Å²) in [5, 5.41) is 13.6. The Balaban J connectivity index is 1.47. The van der Waals surface area contributed by atoms with Crippen molar-refractivity contribution < 1.29 is 18.7 Å². The third-order valence-corrected chi connectivity index (χ3v) is 6.59. The van der Waals surface area contributed by atoms with Gasteiger partial charge in [-0.1, -0.05) is 0 Å². The third kappa shape index (κ3) is 3.09. The van der Waals surface area contributed by atoms with Gasteiger partial charge in [0.25, 0.3) is 5.92 Å². The molecule has 3 aliphatic rings. The molecule has 0 saturated carbocycles. The predicted octanol–water partition coefficient (Wildman–Crippen LogP) is 3.29. The zero-order valence-electron chi connectivity index (χ0n) is 16.8. The number of piperidine rings is 1. The second-order valence-electron chi connectivity index (χ2n) is 8.44. The molecule has 8 nitrogen and oxygen atoms in total. The minimum absolute atomic E-state index is 0.0838. The number of carbonyl (C=O) groups is 1. The fourth-order valence-corrected chi connectivity index (χ4v) is 4.57. The van der Waals surface area contributed by atoms with Crippen LogP contribution in [0.4, 0.5) is 19.5 Å². The van der Waals surface area contributed by atoms with E-state index in [0.29, 0.717) is 48.7 Å². The number of carboxylic acid groups (broad SMARTS) is 1. The second kappa shape index (κ2) is 6.88. The van der Waals surface area contributed by atoms with Crippen molar-refractivity contribution >= 4 is 12.0 Å². The maximum absolute atomic E-state index is 14.5. The largest absolute Gasteiger partial charge is 0.465 e. The standard InChI is InChI=1S/C20H24F2N6O2/c1-12-3-9-27(12)18-24-16(15-2-6-20(21,22)17(15)25-18)13-10-23-28(11-13)14-4-7-26(8-5-14)19(29)30/h10-12,14H,2-9H2,1H3,(H,29,30). The molecule has 2 fully saturated rings. The molecule has 0 radical (unpaired) electrons. The summed E-state index contributed by atoms with van der Waals surface area (Å²) in [4.78, 5) is 23.4. The number of hydrogen-bond donors (Lipinski definition) is 1. The number of aromatic nitrogens is 4. The number of fused-ring (bicyclic) bond motifs is 1. The van der Waals surface area contributed by atoms with Crippen LogP contribution in [0.5, 0.6) is 0 Å². The van der Waals surface area contributed by atoms with Crippen LogP contribution in [0.25, 0.3) is 11.3 Å². The summed E-state index contributed by atoms with van der Waals surface area (Å²) in [7, 11) is 0. The van der Waals surface area contributed by atoms with Gasteiger partial charge in [0.15, 0.2) is 0 Å². The van der Waals surface area contributed by atoms with Crippen molar-refractivity contribution in [3.8, 4) is 11.3 Å². The van der Waals surface area contributed by atoms with Gasteiger partial charge in [0, 0.05) is 49.4 Å². The maximum Gasteiger partial charge on any atom is 0.407 e. The number of anilines is 1. The Morgan fingerprint density at radius 2 is 1.97 bits per heavy atom. The molecule has 1 atom stereocenters. The first-order valence-corrected chi connectivity index (χ1v) is 10.4. The number of halogens is 2. The zero-order valence-corrected chi connectivity index (χ0v) is 16.8. The molecule has 2 aliphatic heterocycles. The lowest BCUT2D eigenvalue weighted by Crippen LogP contribution is -2.47. The van der Waals surface area contributed by atoms with Crippen molar-refractivity contribution in [2.45, 2.75) is 57.0 Å². The number of amides is 1. The van der Waals surface area contributed by atoms with Gasteiger partial charge >= 0.3 is 6.09 Å². The molecule has 0 aromatic carbocycles. The summed E-state index contributed by atoms with van der Waals surface area (Å²) < 4.78 is 30.8. The lowest BCUT2D eigenvalue weighted by atomic mass is 10.0. The molecule has 2 saturated heterocycles. The molecule has 2 aromatic rings. The Labute approximate surface area is 172 Å². The van der Waals surface area contributed by atoms with Crippen LogP contribution in [0, 0.1) is 0 Å². The van der Waals surface area contributed by atoms with Crippen LogP contribution in [0.15, 0.2) is 12.4 Å². The normalized spacial score (nSPS) is 23.4. The molecule has 1 unspecified atom stereocenters. The first kappa shape index (κ1) is 19.2. The van der Waals surface area contributed by atoms with Crippen LogP contribution >= 0.6 is 0 Å². The Hall–Kier alpha value is -2.78. The van der Waals surface area contributed by atoms with Crippen molar-refractivity contribution in [2.24, 2.45) is 0 Å². The summed E-state index contributed by atoms with van der Waals surface area (Å²) in [6.45, 7) is 3.73. The van der Waals surface area contributed by atoms with Crippen molar-refractivity contribution in [2.75, 3.05) is 24.5 Å². The molecule has 160 valence electrons. The molecule has 4 heterocycles. The van der Waals surface area contributed by atoms with E-state index in [-0.39, 0.29) is 30.6 Å². The van der Waals surface area contributed by atoms with Gasteiger partial charge < -0.3 is 14.9 Å². The van der Waals surface area contributed by atoms with Gasteiger partial charge in [-0.25, -0.2) is 14.8 Å². The molecular formula is C20H24F2N6O2. The Kier molecular flexibility index (Phi) is 4.41. The summed E-state index contributed by atoms with van der Waals surface area (Å²) in [6, 6.07) is 0.327. The van der Waals surface area contributed by atoms with Crippen LogP contribution in [0.1, 0.15) is 49.9 Å². The van der Waals surface area contributed by atoms with E-state index in [2.05, 4.69) is 15.1 Å². The molecule has 1 aliphatic carbocycles. The quantitative estimate of drug-likeness (QED) is 0.823. The van der Waals surface area contributed by atoms with E-state index in [0.717, 1.165) is 13.0 Å². The molecule has 2 aromatic heterocycles. The molecule has 10 heteroatoms. The van der Waals surface area contributed by atoms with Gasteiger partial charge in [-0.05, 0) is 32.6 Å². The number of hydrogen-bond acceptors (Lipinski definition) is 5. The van der Waals surface area contributed by atoms with Gasteiger partial charge in [-0.15, -0.1) is 0 Å². The van der Waals surface area contributed by atoms with Gasteiger partial charge in [0.2, 0.25) is 5.95 Å². The molecule has 0 spiro atoms. The minimum atomic E-state index is -2.93. The summed E-state index contributed by atoms with van der Waals surface area (Å²) in [6.07, 6.45) is 4.96. The minimum Gasteiger partial charge on any atom is -0.465 e. The highest BCUT2D eigenvalue weighted by Gasteiger charge is 2.44. The van der Waals surface area contributed by atoms with E-state index >= 15 is 0 Å². The smallest absolute Gasteiger partial charge is 0.407 e. The van der Waals surface area contributed by atoms with Crippen LogP contribution in [0.2, 0.25) is 0 Å². The Morgan fingerprint density at radius 3 is 2.60 bits per heavy atom. The molecule has 0 bridgehead atoms. The number of rotatable bonds is 3. The monoisotopic (exact) mass is 418 g/mol. The third-order valence-electron chi connectivity index (χ3n) is 6.59. The van der Waals surface area contributed by atoms with Crippen molar-refractivity contribution in [3.05, 3.63) is 23.7 Å². The summed E-state index contributed by atoms with van der Waals surface area (Å²) in [5.74, 6) is -2.57. The average molecular weight is 418 g/mol. The number of nitrogens with zero attached hydrogens (tertiary/aromatic N) is 6. The van der Waals surface area contributed by atoms with Crippen molar-refractivity contribution in [1.82, 2.24) is 24.6 Å². The van der Waals surface area contributed by atoms with E-state index < -0.39 is 12.0 Å². The second-order valence-corrected chi connectivity index (χ2v) is 8.44. The Morgan fingerprint density at radius 1 is 1.20 bits per heavy atom. The molecular weight excluding hydrogens is 394 g/mol. The lowest BCUT2D eigenvalue weighted by molar-refractivity contribution is -0.00595. The number of alkyl halides is 2. The molecule has 1 N–H and O–H groups in total. The molecule has 1 amide bonds. The zero-order chi connectivity index (χ0) is 21.0. The van der Waals surface area contributed by atoms with Gasteiger partial charge in [0.05, 0.1) is 17.9 Å². The van der Waals surface area contributed by atoms with Crippen LogP contribution in [0.3, 0.4) is 0 Å². The number of likely N-dealkylation sites (tertiary alicyclic amines) is 1. The summed E-state index contributed by atoms with van der Waals surface area (Å²) in [5.41, 5.74) is 1.61. The first-order chi connectivity index (χ1) is 14.3. The SMILES string of the molecule is CC1CCN1c1nc(-c2cnn(C3CCN(C(=O)O)CC3)c2)c2c(n1)C(F)(F)CC2. The van der Waals surface area contributed by atoms with Gasteiger partial charge in [-0.3, -0.25) is 4.68 Å². The summed E-state index contributed by atoms with van der Waals surface area (Å²) >= 11 is 0. The Bertz CT molecular complexity index is 986. The fraction of sp³-hybridized carbons (Fsp3) is 0.600. The van der Waals surface area contributed by atoms with Gasteiger partial charge in [-0.2, -0.15) is 13.9 Å². The fourth-order valence-electron chi connectivity index (χ4n) is 4.57. The van der Waals surface area contributed by atoms with E-state index in [4.69, 9.17) is 5.11 Å². The van der Waals surface area contributed by atoms with Gasteiger partial charge in [0.1, 0.15) is 5.69 Å². The van der Waals surface area contributed by atoms with E-state index in [9.17, 15) is 13.6 Å². The highest BCUT2D eigenvalue weighted by molar-refractivity contribution is 5.66.